The van der Waals surface area contributed by atoms with Crippen LogP contribution in [0.25, 0.3) is 0 Å². The number of carboxylic acid groups (broad SMARTS) is 1. The van der Waals surface area contributed by atoms with Crippen LogP contribution in [0.15, 0.2) is 12.5 Å². The zero-order valence-electron chi connectivity index (χ0n) is 9.77. The van der Waals surface area contributed by atoms with Gasteiger partial charge in [0.2, 0.25) is 11.8 Å². The van der Waals surface area contributed by atoms with Gasteiger partial charge in [-0.2, -0.15) is 0 Å². The Morgan fingerprint density at radius 1 is 1.50 bits per heavy atom. The first-order valence-electron chi connectivity index (χ1n) is 5.23. The van der Waals surface area contributed by atoms with Gasteiger partial charge in [-0.15, -0.1) is 0 Å². The molecular formula is C10H14N4O4. The number of H-pyrrole nitrogens is 1. The second kappa shape index (κ2) is 6.38. The van der Waals surface area contributed by atoms with E-state index in [0.29, 0.717) is 5.69 Å². The summed E-state index contributed by atoms with van der Waals surface area (Å²) in [6.07, 6.45) is 3.00. The molecule has 0 aliphatic carbocycles. The first-order chi connectivity index (χ1) is 8.49. The average Bonchev–Trinajstić information content (AvgIpc) is 2.78. The Balaban J connectivity index is 2.50. The molecule has 98 valence electrons. The molecule has 4 N–H and O–H groups in total. The fourth-order valence-electron chi connectivity index (χ4n) is 1.27. The minimum atomic E-state index is -1.15. The second-order valence-corrected chi connectivity index (χ2v) is 3.65. The average molecular weight is 254 g/mol. The number of nitrogens with one attached hydrogen (secondary N) is 3. The number of amides is 2. The predicted molar refractivity (Wildman–Crippen MR) is 60.5 cm³/mol. The van der Waals surface area contributed by atoms with Crippen LogP contribution in [0.4, 0.5) is 0 Å². The van der Waals surface area contributed by atoms with Crippen molar-refractivity contribution in [2.45, 2.75) is 19.4 Å². The number of aromatic nitrogens is 2. The molecule has 0 bridgehead atoms. The summed E-state index contributed by atoms with van der Waals surface area (Å²) in [5.41, 5.74) is 0.599. The third kappa shape index (κ3) is 4.64. The van der Waals surface area contributed by atoms with Gasteiger partial charge in [-0.25, -0.2) is 9.78 Å². The highest BCUT2D eigenvalue weighted by Crippen LogP contribution is 1.98. The number of carbonyl (C=O) groups is 3. The Morgan fingerprint density at radius 2 is 2.22 bits per heavy atom. The van der Waals surface area contributed by atoms with Crippen molar-refractivity contribution in [2.75, 3.05) is 6.54 Å². The molecular weight excluding hydrogens is 240 g/mol. The lowest BCUT2D eigenvalue weighted by atomic mass is 10.1. The van der Waals surface area contributed by atoms with Crippen LogP contribution < -0.4 is 10.6 Å². The maximum absolute atomic E-state index is 11.4. The Hall–Kier alpha value is -2.38. The predicted octanol–water partition coefficient (Wildman–Crippen LogP) is -1.34. The van der Waals surface area contributed by atoms with Crippen LogP contribution in [0, 0.1) is 0 Å². The van der Waals surface area contributed by atoms with E-state index in [1.807, 2.05) is 0 Å². The normalized spacial score (nSPS) is 11.6. The van der Waals surface area contributed by atoms with Crippen molar-refractivity contribution in [2.24, 2.45) is 0 Å². The first-order valence-corrected chi connectivity index (χ1v) is 5.23. The highest BCUT2D eigenvalue weighted by atomic mass is 16.4. The van der Waals surface area contributed by atoms with E-state index >= 15 is 0 Å². The molecule has 2 amide bonds. The number of rotatable bonds is 6. The minimum absolute atomic E-state index is 0.0984. The molecule has 1 rings (SSSR count). The van der Waals surface area contributed by atoms with E-state index in [-0.39, 0.29) is 18.9 Å². The monoisotopic (exact) mass is 254 g/mol. The molecule has 0 fully saturated rings. The number of hydrogen-bond acceptors (Lipinski definition) is 4. The zero-order chi connectivity index (χ0) is 13.5. The molecule has 0 spiro atoms. The van der Waals surface area contributed by atoms with Crippen LogP contribution in [0.2, 0.25) is 0 Å². The van der Waals surface area contributed by atoms with Crippen LogP contribution in [-0.4, -0.2) is 45.4 Å². The third-order valence-corrected chi connectivity index (χ3v) is 2.11. The van der Waals surface area contributed by atoms with Crippen LogP contribution >= 0.6 is 0 Å². The van der Waals surface area contributed by atoms with Gasteiger partial charge in [0.1, 0.15) is 6.04 Å². The zero-order valence-corrected chi connectivity index (χ0v) is 9.77. The highest BCUT2D eigenvalue weighted by Gasteiger charge is 2.20. The topological polar surface area (TPSA) is 124 Å². The van der Waals surface area contributed by atoms with Gasteiger partial charge in [-0.05, 0) is 0 Å². The van der Waals surface area contributed by atoms with E-state index in [0.717, 1.165) is 0 Å². The summed E-state index contributed by atoms with van der Waals surface area (Å²) in [5.74, 6) is -2.07. The molecule has 1 aromatic heterocycles. The summed E-state index contributed by atoms with van der Waals surface area (Å²) >= 11 is 0. The SMILES string of the molecule is CC(=O)NCC(=O)NC(Cc1cnc[nH]1)C(=O)O. The van der Waals surface area contributed by atoms with Gasteiger partial charge in [-0.1, -0.05) is 0 Å². The Labute approximate surface area is 103 Å². The number of aromatic amines is 1. The first kappa shape index (κ1) is 13.7. The minimum Gasteiger partial charge on any atom is -0.480 e. The molecule has 8 nitrogen and oxygen atoms in total. The smallest absolute Gasteiger partial charge is 0.326 e. The summed E-state index contributed by atoms with van der Waals surface area (Å²) in [4.78, 5) is 39.4. The summed E-state index contributed by atoms with van der Waals surface area (Å²) < 4.78 is 0. The van der Waals surface area contributed by atoms with Gasteiger partial charge < -0.3 is 20.7 Å². The Bertz CT molecular complexity index is 429. The number of hydrogen-bond donors (Lipinski definition) is 4. The van der Waals surface area contributed by atoms with E-state index in [9.17, 15) is 14.4 Å². The fourth-order valence-corrected chi connectivity index (χ4v) is 1.27. The van der Waals surface area contributed by atoms with Crippen molar-refractivity contribution < 1.29 is 19.5 Å². The largest absolute Gasteiger partial charge is 0.480 e. The van der Waals surface area contributed by atoms with Crippen molar-refractivity contribution in [3.8, 4) is 0 Å². The summed E-state index contributed by atoms with van der Waals surface area (Å²) in [7, 11) is 0. The molecule has 1 atom stereocenters. The lowest BCUT2D eigenvalue weighted by molar-refractivity contribution is -0.141. The number of carboxylic acids is 1. The van der Waals surface area contributed by atoms with Gasteiger partial charge in [0.05, 0.1) is 12.9 Å². The van der Waals surface area contributed by atoms with Crippen LogP contribution in [-0.2, 0) is 20.8 Å². The van der Waals surface area contributed by atoms with Crippen molar-refractivity contribution in [1.82, 2.24) is 20.6 Å². The van der Waals surface area contributed by atoms with Crippen molar-refractivity contribution in [3.63, 3.8) is 0 Å². The number of carbonyl (C=O) groups excluding carboxylic acids is 2. The number of aliphatic carboxylic acids is 1. The molecule has 1 aromatic rings. The molecule has 0 saturated heterocycles. The van der Waals surface area contributed by atoms with E-state index in [1.54, 1.807) is 0 Å². The van der Waals surface area contributed by atoms with Crippen LogP contribution in [0.5, 0.6) is 0 Å². The van der Waals surface area contributed by atoms with E-state index in [1.165, 1.54) is 19.4 Å². The van der Waals surface area contributed by atoms with Crippen molar-refractivity contribution in [3.05, 3.63) is 18.2 Å². The van der Waals surface area contributed by atoms with Crippen molar-refractivity contribution >= 4 is 17.8 Å². The molecule has 18 heavy (non-hydrogen) atoms. The molecule has 0 saturated carbocycles. The Morgan fingerprint density at radius 3 is 2.72 bits per heavy atom. The summed E-state index contributed by atoms with van der Waals surface area (Å²) in [6.45, 7) is 1.02. The second-order valence-electron chi connectivity index (χ2n) is 3.65. The number of nitrogens with zero attached hydrogens (tertiary/aromatic N) is 1. The molecule has 1 unspecified atom stereocenters. The highest BCUT2D eigenvalue weighted by molar-refractivity contribution is 5.87. The summed E-state index contributed by atoms with van der Waals surface area (Å²) in [5, 5.41) is 13.6. The third-order valence-electron chi connectivity index (χ3n) is 2.11. The maximum atomic E-state index is 11.4. The number of imidazole rings is 1. The van der Waals surface area contributed by atoms with Gasteiger partial charge >= 0.3 is 5.97 Å². The van der Waals surface area contributed by atoms with Crippen LogP contribution in [0.3, 0.4) is 0 Å². The summed E-state index contributed by atoms with van der Waals surface area (Å²) in [6, 6.07) is -1.06. The van der Waals surface area contributed by atoms with Crippen molar-refractivity contribution in [1.29, 1.82) is 0 Å². The maximum Gasteiger partial charge on any atom is 0.326 e. The standard InChI is InChI=1S/C10H14N4O4/c1-6(15)12-4-9(16)14-8(10(17)18)2-7-3-11-5-13-7/h3,5,8H,2,4H2,1H3,(H,11,13)(H,12,15)(H,14,16)(H,17,18). The quantitative estimate of drug-likeness (QED) is 0.500. The molecule has 1 heterocycles. The molecule has 8 heteroatoms. The van der Waals surface area contributed by atoms with E-state index in [4.69, 9.17) is 5.11 Å². The van der Waals surface area contributed by atoms with Gasteiger partial charge in [0.25, 0.3) is 0 Å². The molecule has 0 aliphatic heterocycles. The molecule has 0 aromatic carbocycles. The molecule has 0 radical (unpaired) electrons. The Kier molecular flexibility index (Phi) is 4.85. The van der Waals surface area contributed by atoms with E-state index < -0.39 is 17.9 Å². The molecule has 0 aliphatic rings. The fraction of sp³-hybridized carbons (Fsp3) is 0.400. The van der Waals surface area contributed by atoms with Gasteiger partial charge in [-0.3, -0.25) is 9.59 Å². The van der Waals surface area contributed by atoms with Crippen LogP contribution in [0.1, 0.15) is 12.6 Å². The lowest BCUT2D eigenvalue weighted by Gasteiger charge is -2.13. The van der Waals surface area contributed by atoms with Gasteiger partial charge in [0.15, 0.2) is 0 Å². The van der Waals surface area contributed by atoms with E-state index in [2.05, 4.69) is 20.6 Å². The lowest BCUT2D eigenvalue weighted by Crippen LogP contribution is -2.46. The van der Waals surface area contributed by atoms with Gasteiger partial charge in [0, 0.05) is 25.2 Å².